The van der Waals surface area contributed by atoms with E-state index in [4.69, 9.17) is 24.5 Å². The van der Waals surface area contributed by atoms with Crippen molar-refractivity contribution in [3.8, 4) is 22.5 Å². The van der Waals surface area contributed by atoms with E-state index in [0.29, 0.717) is 11.4 Å². The van der Waals surface area contributed by atoms with Crippen LogP contribution in [0.4, 0.5) is 19.0 Å². The largest absolute Gasteiger partial charge is 0.490 e. The van der Waals surface area contributed by atoms with Gasteiger partial charge in [0.2, 0.25) is 0 Å². The van der Waals surface area contributed by atoms with E-state index in [1.807, 2.05) is 24.4 Å². The van der Waals surface area contributed by atoms with E-state index in [-0.39, 0.29) is 0 Å². The fraction of sp³-hybridized carbons (Fsp3) is 0.0500. The molecule has 0 saturated carbocycles. The average molecular weight is 447 g/mol. The van der Waals surface area contributed by atoms with Crippen LogP contribution in [0.3, 0.4) is 0 Å². The van der Waals surface area contributed by atoms with Gasteiger partial charge in [0.15, 0.2) is 11.4 Å². The average Bonchev–Trinajstić information content (AvgIpc) is 3.47. The van der Waals surface area contributed by atoms with Crippen LogP contribution in [0.5, 0.6) is 0 Å². The summed E-state index contributed by atoms with van der Waals surface area (Å²) in [4.78, 5) is 17.3. The van der Waals surface area contributed by atoms with Crippen LogP contribution < -0.4 is 5.73 Å². The Bertz CT molecular complexity index is 1370. The molecule has 0 amide bonds. The number of aromatic nitrogens is 2. The van der Waals surface area contributed by atoms with E-state index in [1.54, 1.807) is 36.3 Å². The van der Waals surface area contributed by atoms with Gasteiger partial charge in [-0.2, -0.15) is 13.2 Å². The number of fused-ring (bicyclic) bond motifs is 2. The lowest BCUT2D eigenvalue weighted by atomic mass is 10.1. The molecule has 0 saturated heterocycles. The second kappa shape index (κ2) is 7.76. The number of nitrogens with zero attached hydrogens (tertiary/aromatic N) is 2. The Morgan fingerprint density at radius 2 is 1.94 bits per heavy atom. The highest BCUT2D eigenvalue weighted by Gasteiger charge is 2.38. The molecule has 0 spiro atoms. The first-order valence-electron chi connectivity index (χ1n) is 8.58. The summed E-state index contributed by atoms with van der Waals surface area (Å²) in [7, 11) is 0. The number of anilines is 1. The Morgan fingerprint density at radius 1 is 1.16 bits per heavy atom. The van der Waals surface area contributed by atoms with Crippen molar-refractivity contribution >= 4 is 44.2 Å². The number of hydrogen-bond acceptors (Lipinski definition) is 7. The van der Waals surface area contributed by atoms with E-state index in [9.17, 15) is 13.2 Å². The van der Waals surface area contributed by atoms with E-state index in [0.717, 1.165) is 37.9 Å². The summed E-state index contributed by atoms with van der Waals surface area (Å²) in [6.07, 6.45) is 3.63. The standard InChI is InChI=1S/C18H11N3O2S.C2HF3O2/c19-18-17-12(13(6-21-18)10-2-4-22-8-10)5-15(23-17)14-9-24-16-7-20-3-1-11(14)16;3-2(4,5)1(6)7/h1-9H,(H2,19,21);(H,6,7). The Morgan fingerprint density at radius 3 is 2.61 bits per heavy atom. The van der Waals surface area contributed by atoms with E-state index < -0.39 is 12.1 Å². The number of rotatable bonds is 2. The molecule has 0 bridgehead atoms. The number of nitrogens with two attached hydrogens (primary N) is 1. The van der Waals surface area contributed by atoms with Gasteiger partial charge in [0.1, 0.15) is 5.76 Å². The van der Waals surface area contributed by atoms with Crippen molar-refractivity contribution < 1.29 is 31.9 Å². The molecule has 0 aliphatic rings. The van der Waals surface area contributed by atoms with Gasteiger partial charge in [-0.1, -0.05) is 0 Å². The van der Waals surface area contributed by atoms with Crippen molar-refractivity contribution in [2.24, 2.45) is 0 Å². The molecule has 5 rings (SSSR count). The second-order valence-corrected chi connectivity index (χ2v) is 7.16. The molecule has 0 aromatic carbocycles. The van der Waals surface area contributed by atoms with Crippen LogP contribution in [-0.2, 0) is 4.79 Å². The van der Waals surface area contributed by atoms with Crippen LogP contribution >= 0.6 is 11.3 Å². The molecule has 5 heterocycles. The molecule has 0 fully saturated rings. The smallest absolute Gasteiger partial charge is 0.475 e. The van der Waals surface area contributed by atoms with Crippen molar-refractivity contribution in [1.29, 1.82) is 0 Å². The summed E-state index contributed by atoms with van der Waals surface area (Å²) in [5, 5.41) is 11.2. The van der Waals surface area contributed by atoms with Gasteiger partial charge < -0.3 is 19.7 Å². The SMILES string of the molecule is Nc1ncc(-c2ccoc2)c2cc(-c3csc4cnccc34)oc12.O=C(O)C(F)(F)F. The summed E-state index contributed by atoms with van der Waals surface area (Å²) in [5.41, 5.74) is 9.53. The van der Waals surface area contributed by atoms with E-state index in [1.165, 1.54) is 0 Å². The topological polar surface area (TPSA) is 115 Å². The normalized spacial score (nSPS) is 11.5. The van der Waals surface area contributed by atoms with Crippen molar-refractivity contribution in [3.05, 3.63) is 54.7 Å². The molecule has 11 heteroatoms. The van der Waals surface area contributed by atoms with Crippen LogP contribution in [-0.4, -0.2) is 27.2 Å². The highest BCUT2D eigenvalue weighted by Crippen LogP contribution is 2.40. The predicted octanol–water partition coefficient (Wildman–Crippen LogP) is 5.58. The lowest BCUT2D eigenvalue weighted by molar-refractivity contribution is -0.192. The Balaban J connectivity index is 0.000000289. The first kappa shape index (κ1) is 20.4. The highest BCUT2D eigenvalue weighted by molar-refractivity contribution is 7.17. The van der Waals surface area contributed by atoms with Gasteiger partial charge in [-0.05, 0) is 18.2 Å². The van der Waals surface area contributed by atoms with Crippen molar-refractivity contribution in [1.82, 2.24) is 9.97 Å². The molecule has 3 N–H and O–H groups in total. The fourth-order valence-electron chi connectivity index (χ4n) is 2.90. The molecular weight excluding hydrogens is 435 g/mol. The van der Waals surface area contributed by atoms with Gasteiger partial charge in [0, 0.05) is 51.4 Å². The maximum Gasteiger partial charge on any atom is 0.490 e. The monoisotopic (exact) mass is 447 g/mol. The number of thiophene rings is 1. The quantitative estimate of drug-likeness (QED) is 0.363. The molecule has 7 nitrogen and oxygen atoms in total. The highest BCUT2D eigenvalue weighted by atomic mass is 32.1. The Hall–Kier alpha value is -3.86. The molecule has 5 aromatic rings. The number of alkyl halides is 3. The summed E-state index contributed by atoms with van der Waals surface area (Å²) in [5.74, 6) is -1.61. The van der Waals surface area contributed by atoms with Crippen LogP contribution in [0.15, 0.2) is 63.5 Å². The predicted molar refractivity (Wildman–Crippen MR) is 108 cm³/mol. The maximum atomic E-state index is 10.6. The number of pyridine rings is 2. The van der Waals surface area contributed by atoms with Gasteiger partial charge in [-0.15, -0.1) is 11.3 Å². The Labute approximate surface area is 175 Å². The first-order chi connectivity index (χ1) is 14.8. The number of aliphatic carboxylic acids is 1. The second-order valence-electron chi connectivity index (χ2n) is 6.25. The van der Waals surface area contributed by atoms with Gasteiger partial charge in [-0.3, -0.25) is 4.98 Å². The number of halogens is 3. The van der Waals surface area contributed by atoms with Crippen LogP contribution in [0.25, 0.3) is 43.5 Å². The van der Waals surface area contributed by atoms with Crippen molar-refractivity contribution in [3.63, 3.8) is 0 Å². The molecule has 0 atom stereocenters. The van der Waals surface area contributed by atoms with Gasteiger partial charge in [-0.25, -0.2) is 9.78 Å². The molecule has 5 aromatic heterocycles. The number of nitrogen functional groups attached to an aromatic ring is 1. The van der Waals surface area contributed by atoms with Crippen LogP contribution in [0.2, 0.25) is 0 Å². The molecule has 158 valence electrons. The molecule has 0 unspecified atom stereocenters. The number of carboxylic acid groups (broad SMARTS) is 1. The van der Waals surface area contributed by atoms with Gasteiger partial charge in [0.25, 0.3) is 0 Å². The minimum Gasteiger partial charge on any atom is -0.475 e. The van der Waals surface area contributed by atoms with Crippen LogP contribution in [0, 0.1) is 0 Å². The third kappa shape index (κ3) is 3.94. The zero-order valence-corrected chi connectivity index (χ0v) is 16.2. The fourth-order valence-corrected chi connectivity index (χ4v) is 3.81. The van der Waals surface area contributed by atoms with Crippen molar-refractivity contribution in [2.45, 2.75) is 6.18 Å². The zero-order chi connectivity index (χ0) is 22.2. The summed E-state index contributed by atoms with van der Waals surface area (Å²) < 4.78 is 44.1. The zero-order valence-electron chi connectivity index (χ0n) is 15.4. The third-order valence-corrected chi connectivity index (χ3v) is 5.24. The molecule has 31 heavy (non-hydrogen) atoms. The van der Waals surface area contributed by atoms with E-state index in [2.05, 4.69) is 15.3 Å². The number of hydrogen-bond donors (Lipinski definition) is 2. The van der Waals surface area contributed by atoms with Gasteiger partial charge in [0.05, 0.1) is 17.2 Å². The van der Waals surface area contributed by atoms with E-state index >= 15 is 0 Å². The Kier molecular flexibility index (Phi) is 5.11. The minimum atomic E-state index is -5.08. The summed E-state index contributed by atoms with van der Waals surface area (Å²) >= 11 is 1.64. The molecular formula is C20H12F3N3O4S. The number of carboxylic acids is 1. The summed E-state index contributed by atoms with van der Waals surface area (Å²) in [6, 6.07) is 5.90. The lowest BCUT2D eigenvalue weighted by Gasteiger charge is -2.00. The lowest BCUT2D eigenvalue weighted by Crippen LogP contribution is -2.21. The van der Waals surface area contributed by atoms with Crippen LogP contribution in [0.1, 0.15) is 0 Å². The summed E-state index contributed by atoms with van der Waals surface area (Å²) in [6.45, 7) is 0. The number of furan rings is 2. The minimum absolute atomic E-state index is 0.379. The molecule has 0 aliphatic heterocycles. The molecule has 0 aliphatic carbocycles. The van der Waals surface area contributed by atoms with Gasteiger partial charge >= 0.3 is 12.1 Å². The maximum absolute atomic E-state index is 10.6. The third-order valence-electron chi connectivity index (χ3n) is 4.31. The molecule has 0 radical (unpaired) electrons. The number of carbonyl (C=O) groups is 1. The van der Waals surface area contributed by atoms with Crippen molar-refractivity contribution in [2.75, 3.05) is 5.73 Å². The first-order valence-corrected chi connectivity index (χ1v) is 9.46.